The number of ketones is 1. The Bertz CT molecular complexity index is 658. The van der Waals surface area contributed by atoms with Crippen molar-refractivity contribution in [3.8, 4) is 0 Å². The fourth-order valence-electron chi connectivity index (χ4n) is 3.90. The summed E-state index contributed by atoms with van der Waals surface area (Å²) in [4.78, 5) is 12.5. The van der Waals surface area contributed by atoms with Gasteiger partial charge in [-0.05, 0) is 43.2 Å². The topological polar surface area (TPSA) is 30.2 Å². The van der Waals surface area contributed by atoms with Gasteiger partial charge in [0.25, 0.3) is 0 Å². The Kier molecular flexibility index (Phi) is 2.32. The number of furan rings is 1. The third-order valence-electron chi connectivity index (χ3n) is 4.81. The molecule has 2 aliphatic rings. The Morgan fingerprint density at radius 2 is 2.16 bits per heavy atom. The summed E-state index contributed by atoms with van der Waals surface area (Å²) in [5.41, 5.74) is 0.203. The maximum Gasteiger partial charge on any atom is 0.201 e. The molecule has 1 aromatic heterocycles. The lowest BCUT2D eigenvalue weighted by Gasteiger charge is -2.18. The molecule has 0 radical (unpaired) electrons. The second-order valence-electron chi connectivity index (χ2n) is 5.91. The van der Waals surface area contributed by atoms with Crippen molar-refractivity contribution < 1.29 is 13.6 Å². The van der Waals surface area contributed by atoms with Crippen LogP contribution < -0.4 is 0 Å². The van der Waals surface area contributed by atoms with E-state index in [0.717, 1.165) is 18.8 Å². The third kappa shape index (κ3) is 1.64. The highest BCUT2D eigenvalue weighted by molar-refractivity contribution is 5.99. The molecule has 2 nitrogen and oxygen atoms in total. The molecule has 2 fully saturated rings. The zero-order valence-corrected chi connectivity index (χ0v) is 10.6. The van der Waals surface area contributed by atoms with E-state index in [1.54, 1.807) is 18.2 Å². The van der Waals surface area contributed by atoms with Crippen molar-refractivity contribution in [2.75, 3.05) is 0 Å². The molecule has 3 unspecified atom stereocenters. The van der Waals surface area contributed by atoms with E-state index in [0.29, 0.717) is 17.1 Å². The molecule has 19 heavy (non-hydrogen) atoms. The van der Waals surface area contributed by atoms with Crippen molar-refractivity contribution in [1.29, 1.82) is 0 Å². The molecule has 0 aliphatic heterocycles. The molecule has 0 amide bonds. The number of Topliss-reactive ketones (excluding diaryl/α,β-unsaturated/α-hetero) is 1. The van der Waals surface area contributed by atoms with Crippen molar-refractivity contribution in [2.45, 2.75) is 25.7 Å². The number of carbonyl (C=O) groups excluding carboxylic acids is 1. The summed E-state index contributed by atoms with van der Waals surface area (Å²) in [5.74, 6) is 1.35. The summed E-state index contributed by atoms with van der Waals surface area (Å²) >= 11 is 0. The molecule has 1 heterocycles. The van der Waals surface area contributed by atoms with Crippen molar-refractivity contribution >= 4 is 16.8 Å². The molecule has 0 N–H and O–H groups in total. The van der Waals surface area contributed by atoms with Crippen molar-refractivity contribution in [1.82, 2.24) is 0 Å². The monoisotopic (exact) mass is 258 g/mol. The number of para-hydroxylation sites is 1. The lowest BCUT2D eigenvalue weighted by Crippen LogP contribution is -2.20. The SMILES string of the molecule is O=C(c1cc2cccc(F)c2o1)C1CC2CCC1C2. The normalized spacial score (nSPS) is 29.2. The van der Waals surface area contributed by atoms with E-state index >= 15 is 0 Å². The summed E-state index contributed by atoms with van der Waals surface area (Å²) in [6.07, 6.45) is 4.60. The van der Waals surface area contributed by atoms with Gasteiger partial charge in [-0.2, -0.15) is 0 Å². The molecule has 98 valence electrons. The van der Waals surface area contributed by atoms with Crippen LogP contribution in [0.25, 0.3) is 11.0 Å². The maximum absolute atomic E-state index is 13.6. The molecule has 2 bridgehead atoms. The summed E-state index contributed by atoms with van der Waals surface area (Å²) in [7, 11) is 0. The average Bonchev–Trinajstić information content (AvgIpc) is 3.12. The highest BCUT2D eigenvalue weighted by atomic mass is 19.1. The number of hydrogen-bond donors (Lipinski definition) is 0. The van der Waals surface area contributed by atoms with E-state index in [1.165, 1.54) is 18.9 Å². The van der Waals surface area contributed by atoms with Gasteiger partial charge in [0, 0.05) is 11.3 Å². The van der Waals surface area contributed by atoms with Gasteiger partial charge in [-0.15, -0.1) is 0 Å². The highest BCUT2D eigenvalue weighted by Gasteiger charge is 2.44. The van der Waals surface area contributed by atoms with Crippen molar-refractivity contribution in [3.05, 3.63) is 35.8 Å². The van der Waals surface area contributed by atoms with Crippen LogP contribution in [-0.2, 0) is 0 Å². The van der Waals surface area contributed by atoms with E-state index in [-0.39, 0.29) is 17.3 Å². The minimum Gasteiger partial charge on any atom is -0.450 e. The fourth-order valence-corrected chi connectivity index (χ4v) is 3.90. The number of rotatable bonds is 2. The Morgan fingerprint density at radius 3 is 2.84 bits per heavy atom. The first-order chi connectivity index (χ1) is 9.22. The van der Waals surface area contributed by atoms with Gasteiger partial charge < -0.3 is 4.42 Å². The number of benzene rings is 1. The predicted octanol–water partition coefficient (Wildman–Crippen LogP) is 4.19. The number of halogens is 1. The van der Waals surface area contributed by atoms with Crippen LogP contribution >= 0.6 is 0 Å². The van der Waals surface area contributed by atoms with Gasteiger partial charge in [-0.1, -0.05) is 18.6 Å². The summed E-state index contributed by atoms with van der Waals surface area (Å²) in [5, 5.41) is 0.673. The molecule has 0 spiro atoms. The summed E-state index contributed by atoms with van der Waals surface area (Å²) < 4.78 is 19.0. The third-order valence-corrected chi connectivity index (χ3v) is 4.81. The van der Waals surface area contributed by atoms with Crippen molar-refractivity contribution in [2.24, 2.45) is 17.8 Å². The van der Waals surface area contributed by atoms with Crippen LogP contribution in [-0.4, -0.2) is 5.78 Å². The Hall–Kier alpha value is -1.64. The standard InChI is InChI=1S/C16H15FO2/c17-13-3-1-2-11-8-14(19-16(11)13)15(18)12-7-9-4-5-10(12)6-9/h1-3,8-10,12H,4-7H2. The molecular formula is C16H15FO2. The van der Waals surface area contributed by atoms with E-state index in [1.807, 2.05) is 0 Å². The predicted molar refractivity (Wildman–Crippen MR) is 69.4 cm³/mol. The molecule has 3 heteroatoms. The smallest absolute Gasteiger partial charge is 0.201 e. The van der Waals surface area contributed by atoms with Crippen LogP contribution in [0, 0.1) is 23.6 Å². The molecular weight excluding hydrogens is 243 g/mol. The molecule has 2 saturated carbocycles. The minimum absolute atomic E-state index is 0.0720. The van der Waals surface area contributed by atoms with Gasteiger partial charge in [-0.3, -0.25) is 4.79 Å². The van der Waals surface area contributed by atoms with E-state index in [4.69, 9.17) is 4.42 Å². The molecule has 0 saturated heterocycles. The van der Waals surface area contributed by atoms with Crippen LogP contribution in [0.3, 0.4) is 0 Å². The molecule has 3 atom stereocenters. The zero-order chi connectivity index (χ0) is 13.0. The highest BCUT2D eigenvalue weighted by Crippen LogP contribution is 2.49. The van der Waals surface area contributed by atoms with Gasteiger partial charge in [0.05, 0.1) is 0 Å². The number of hydrogen-bond acceptors (Lipinski definition) is 2. The Labute approximate surface area is 110 Å². The lowest BCUT2D eigenvalue weighted by molar-refractivity contribution is 0.0847. The largest absolute Gasteiger partial charge is 0.450 e. The first-order valence-corrected chi connectivity index (χ1v) is 6.94. The molecule has 1 aromatic carbocycles. The van der Waals surface area contributed by atoms with E-state index < -0.39 is 5.82 Å². The minimum atomic E-state index is -0.399. The second-order valence-corrected chi connectivity index (χ2v) is 5.91. The maximum atomic E-state index is 13.6. The quantitative estimate of drug-likeness (QED) is 0.756. The summed E-state index contributed by atoms with van der Waals surface area (Å²) in [6, 6.07) is 6.46. The molecule has 2 aromatic rings. The van der Waals surface area contributed by atoms with Crippen LogP contribution in [0.4, 0.5) is 4.39 Å². The zero-order valence-electron chi connectivity index (χ0n) is 10.6. The van der Waals surface area contributed by atoms with E-state index in [2.05, 4.69) is 0 Å². The van der Waals surface area contributed by atoms with E-state index in [9.17, 15) is 9.18 Å². The van der Waals surface area contributed by atoms with Crippen LogP contribution in [0.15, 0.2) is 28.7 Å². The first-order valence-electron chi connectivity index (χ1n) is 6.94. The fraction of sp³-hybridized carbons (Fsp3) is 0.438. The van der Waals surface area contributed by atoms with Crippen LogP contribution in [0.5, 0.6) is 0 Å². The van der Waals surface area contributed by atoms with Gasteiger partial charge in [0.15, 0.2) is 17.2 Å². The molecule has 2 aliphatic carbocycles. The van der Waals surface area contributed by atoms with Gasteiger partial charge in [0.1, 0.15) is 0 Å². The van der Waals surface area contributed by atoms with Crippen LogP contribution in [0.2, 0.25) is 0 Å². The van der Waals surface area contributed by atoms with Gasteiger partial charge in [0.2, 0.25) is 5.78 Å². The van der Waals surface area contributed by atoms with Crippen LogP contribution in [0.1, 0.15) is 36.2 Å². The Balaban J connectivity index is 1.70. The lowest BCUT2D eigenvalue weighted by atomic mass is 9.85. The number of carbonyl (C=O) groups is 1. The molecule has 4 rings (SSSR count). The van der Waals surface area contributed by atoms with Gasteiger partial charge in [-0.25, -0.2) is 4.39 Å². The van der Waals surface area contributed by atoms with Crippen molar-refractivity contribution in [3.63, 3.8) is 0 Å². The average molecular weight is 258 g/mol. The van der Waals surface area contributed by atoms with Gasteiger partial charge >= 0.3 is 0 Å². The second kappa shape index (κ2) is 3.92. The Morgan fingerprint density at radius 1 is 1.26 bits per heavy atom. The number of fused-ring (bicyclic) bond motifs is 3. The first kappa shape index (κ1) is 11.2. The summed E-state index contributed by atoms with van der Waals surface area (Å²) in [6.45, 7) is 0.